The van der Waals surface area contributed by atoms with Crippen molar-refractivity contribution in [2.45, 2.75) is 12.0 Å². The fraction of sp³-hybridized carbons (Fsp3) is 0.400. The van der Waals surface area contributed by atoms with Gasteiger partial charge in [0.25, 0.3) is 0 Å². The lowest BCUT2D eigenvalue weighted by molar-refractivity contribution is 0.0588. The maximum atomic E-state index is 10.2. The number of nitrogens with one attached hydrogen (secondary N) is 1. The Labute approximate surface area is 82.5 Å². The normalized spacial score (nSPS) is 27.8. The molecule has 3 heteroatoms. The number of β-amino-alcohol motifs (C(OH)–C–C–N with tert-alkyl or cyclic N) is 1. The summed E-state index contributed by atoms with van der Waals surface area (Å²) < 4.78 is 0. The SMILES string of the molecule is OC1(c2ccccc2Cl)CCNC1. The summed E-state index contributed by atoms with van der Waals surface area (Å²) in [6.07, 6.45) is 0.733. The van der Waals surface area contributed by atoms with E-state index < -0.39 is 5.60 Å². The van der Waals surface area contributed by atoms with Gasteiger partial charge in [-0.2, -0.15) is 0 Å². The van der Waals surface area contributed by atoms with Gasteiger partial charge in [0.15, 0.2) is 0 Å². The molecule has 0 amide bonds. The third-order valence-corrected chi connectivity index (χ3v) is 2.84. The maximum Gasteiger partial charge on any atom is 0.105 e. The highest BCUT2D eigenvalue weighted by molar-refractivity contribution is 6.31. The van der Waals surface area contributed by atoms with Crippen LogP contribution in [-0.2, 0) is 5.60 Å². The summed E-state index contributed by atoms with van der Waals surface area (Å²) in [6.45, 7) is 1.44. The second kappa shape index (κ2) is 3.29. The van der Waals surface area contributed by atoms with Gasteiger partial charge >= 0.3 is 0 Å². The maximum absolute atomic E-state index is 10.2. The second-order valence-corrected chi connectivity index (χ2v) is 3.85. The van der Waals surface area contributed by atoms with Crippen LogP contribution in [0, 0.1) is 0 Å². The minimum absolute atomic E-state index is 0.594. The van der Waals surface area contributed by atoms with Crippen molar-refractivity contribution in [3.05, 3.63) is 34.9 Å². The van der Waals surface area contributed by atoms with Gasteiger partial charge in [0, 0.05) is 17.1 Å². The lowest BCUT2D eigenvalue weighted by Crippen LogP contribution is -2.28. The van der Waals surface area contributed by atoms with E-state index in [1.807, 2.05) is 24.3 Å². The van der Waals surface area contributed by atoms with Gasteiger partial charge < -0.3 is 10.4 Å². The Kier molecular flexibility index (Phi) is 2.28. The van der Waals surface area contributed by atoms with Crippen molar-refractivity contribution in [3.8, 4) is 0 Å². The van der Waals surface area contributed by atoms with Crippen LogP contribution in [0.5, 0.6) is 0 Å². The van der Waals surface area contributed by atoms with Gasteiger partial charge in [-0.15, -0.1) is 0 Å². The molecule has 0 aromatic heterocycles. The molecule has 1 aromatic rings. The highest BCUT2D eigenvalue weighted by Crippen LogP contribution is 2.32. The van der Waals surface area contributed by atoms with E-state index in [9.17, 15) is 5.11 Å². The standard InChI is InChI=1S/C10H12ClNO/c11-9-4-2-1-3-8(9)10(13)5-6-12-7-10/h1-4,12-13H,5-7H2. The predicted octanol–water partition coefficient (Wildman–Crippen LogP) is 1.52. The Morgan fingerprint density at radius 3 is 2.77 bits per heavy atom. The van der Waals surface area contributed by atoms with Crippen molar-refractivity contribution < 1.29 is 5.11 Å². The van der Waals surface area contributed by atoms with Gasteiger partial charge in [-0.05, 0) is 19.0 Å². The average Bonchev–Trinajstić information content (AvgIpc) is 2.54. The van der Waals surface area contributed by atoms with Crippen LogP contribution in [0.1, 0.15) is 12.0 Å². The Hall–Kier alpha value is -0.570. The Morgan fingerprint density at radius 2 is 2.15 bits per heavy atom. The van der Waals surface area contributed by atoms with E-state index in [1.165, 1.54) is 0 Å². The van der Waals surface area contributed by atoms with E-state index >= 15 is 0 Å². The predicted molar refractivity (Wildman–Crippen MR) is 52.8 cm³/mol. The van der Waals surface area contributed by atoms with E-state index in [-0.39, 0.29) is 0 Å². The third kappa shape index (κ3) is 1.57. The molecule has 0 bridgehead atoms. The molecule has 1 aliphatic heterocycles. The number of benzene rings is 1. The van der Waals surface area contributed by atoms with Crippen LogP contribution in [0.25, 0.3) is 0 Å². The largest absolute Gasteiger partial charge is 0.384 e. The Bertz CT molecular complexity index is 308. The van der Waals surface area contributed by atoms with Gasteiger partial charge in [-0.1, -0.05) is 29.8 Å². The molecule has 1 fully saturated rings. The third-order valence-electron chi connectivity index (χ3n) is 2.51. The fourth-order valence-electron chi connectivity index (χ4n) is 1.75. The zero-order chi connectivity index (χ0) is 9.31. The second-order valence-electron chi connectivity index (χ2n) is 3.44. The molecular formula is C10H12ClNO. The van der Waals surface area contributed by atoms with Crippen LogP contribution < -0.4 is 5.32 Å². The van der Waals surface area contributed by atoms with Crippen molar-refractivity contribution >= 4 is 11.6 Å². The first-order valence-corrected chi connectivity index (χ1v) is 4.78. The first kappa shape index (κ1) is 9.00. The molecule has 1 aromatic carbocycles. The molecule has 2 N–H and O–H groups in total. The number of hydrogen-bond acceptors (Lipinski definition) is 2. The van der Waals surface area contributed by atoms with Gasteiger partial charge in [0.05, 0.1) is 0 Å². The molecule has 70 valence electrons. The van der Waals surface area contributed by atoms with Crippen LogP contribution in [0.15, 0.2) is 24.3 Å². The van der Waals surface area contributed by atoms with Crippen molar-refractivity contribution in [2.75, 3.05) is 13.1 Å². The first-order chi connectivity index (χ1) is 6.22. The first-order valence-electron chi connectivity index (χ1n) is 4.40. The number of rotatable bonds is 1. The summed E-state index contributed by atoms with van der Waals surface area (Å²) in [5.41, 5.74) is 0.0693. The van der Waals surface area contributed by atoms with E-state index in [4.69, 9.17) is 11.6 Å². The summed E-state index contributed by atoms with van der Waals surface area (Å²) in [4.78, 5) is 0. The Balaban J connectivity index is 2.39. The molecular weight excluding hydrogens is 186 g/mol. The van der Waals surface area contributed by atoms with Crippen LogP contribution >= 0.6 is 11.6 Å². The molecule has 0 saturated carbocycles. The zero-order valence-electron chi connectivity index (χ0n) is 7.26. The highest BCUT2D eigenvalue weighted by Gasteiger charge is 2.34. The molecule has 0 spiro atoms. The Morgan fingerprint density at radius 1 is 1.38 bits per heavy atom. The minimum atomic E-state index is -0.766. The number of aliphatic hydroxyl groups is 1. The van der Waals surface area contributed by atoms with Crippen LogP contribution in [0.4, 0.5) is 0 Å². The fourth-order valence-corrected chi connectivity index (χ4v) is 2.06. The van der Waals surface area contributed by atoms with E-state index in [0.717, 1.165) is 18.5 Å². The molecule has 1 atom stereocenters. The summed E-state index contributed by atoms with van der Waals surface area (Å²) >= 11 is 6.01. The van der Waals surface area contributed by atoms with Crippen LogP contribution in [-0.4, -0.2) is 18.2 Å². The molecule has 2 nitrogen and oxygen atoms in total. The van der Waals surface area contributed by atoms with E-state index in [0.29, 0.717) is 11.6 Å². The van der Waals surface area contributed by atoms with Crippen molar-refractivity contribution in [3.63, 3.8) is 0 Å². The molecule has 1 aliphatic rings. The summed E-state index contributed by atoms with van der Waals surface area (Å²) in [5, 5.41) is 14.0. The summed E-state index contributed by atoms with van der Waals surface area (Å²) in [6, 6.07) is 7.47. The lowest BCUT2D eigenvalue weighted by atomic mass is 9.93. The number of hydrogen-bond donors (Lipinski definition) is 2. The smallest absolute Gasteiger partial charge is 0.105 e. The van der Waals surface area contributed by atoms with Crippen molar-refractivity contribution in [1.29, 1.82) is 0 Å². The monoisotopic (exact) mass is 197 g/mol. The van der Waals surface area contributed by atoms with Crippen LogP contribution in [0.3, 0.4) is 0 Å². The lowest BCUT2D eigenvalue weighted by Gasteiger charge is -2.22. The molecule has 2 rings (SSSR count). The molecule has 1 heterocycles. The zero-order valence-corrected chi connectivity index (χ0v) is 8.01. The topological polar surface area (TPSA) is 32.3 Å². The van der Waals surface area contributed by atoms with Gasteiger partial charge in [-0.25, -0.2) is 0 Å². The molecule has 13 heavy (non-hydrogen) atoms. The van der Waals surface area contributed by atoms with Gasteiger partial charge in [0.1, 0.15) is 5.60 Å². The van der Waals surface area contributed by atoms with Crippen LogP contribution in [0.2, 0.25) is 5.02 Å². The highest BCUT2D eigenvalue weighted by atomic mass is 35.5. The summed E-state index contributed by atoms with van der Waals surface area (Å²) in [7, 11) is 0. The van der Waals surface area contributed by atoms with Crippen molar-refractivity contribution in [2.24, 2.45) is 0 Å². The molecule has 0 aliphatic carbocycles. The van der Waals surface area contributed by atoms with E-state index in [1.54, 1.807) is 0 Å². The quantitative estimate of drug-likeness (QED) is 0.716. The summed E-state index contributed by atoms with van der Waals surface area (Å²) in [5.74, 6) is 0. The van der Waals surface area contributed by atoms with Gasteiger partial charge in [0.2, 0.25) is 0 Å². The van der Waals surface area contributed by atoms with Crippen molar-refractivity contribution in [1.82, 2.24) is 5.32 Å². The number of halogens is 1. The molecule has 0 radical (unpaired) electrons. The minimum Gasteiger partial charge on any atom is -0.384 e. The van der Waals surface area contributed by atoms with E-state index in [2.05, 4.69) is 5.32 Å². The average molecular weight is 198 g/mol. The van der Waals surface area contributed by atoms with Gasteiger partial charge in [-0.3, -0.25) is 0 Å². The molecule has 1 saturated heterocycles. The molecule has 1 unspecified atom stereocenters.